The first-order valence-electron chi connectivity index (χ1n) is 4.71. The van der Waals surface area contributed by atoms with E-state index in [0.29, 0.717) is 18.4 Å². The Morgan fingerprint density at radius 3 is 3.21 bits per heavy atom. The minimum Gasteiger partial charge on any atom is -0.374 e. The first-order chi connectivity index (χ1) is 6.84. The summed E-state index contributed by atoms with van der Waals surface area (Å²) in [6.45, 7) is 5.02. The van der Waals surface area contributed by atoms with E-state index in [2.05, 4.69) is 20.8 Å². The second kappa shape index (κ2) is 4.39. The van der Waals surface area contributed by atoms with E-state index in [0.717, 1.165) is 19.7 Å². The fourth-order valence-corrected chi connectivity index (χ4v) is 1.32. The molecule has 1 aliphatic rings. The van der Waals surface area contributed by atoms with Crippen molar-refractivity contribution in [2.24, 2.45) is 0 Å². The minimum atomic E-state index is 0.177. The third kappa shape index (κ3) is 2.43. The molecule has 1 aromatic heterocycles. The molecular weight excluding hydrogens is 184 g/mol. The zero-order valence-electron chi connectivity index (χ0n) is 8.12. The second-order valence-electron chi connectivity index (χ2n) is 3.22. The Morgan fingerprint density at radius 2 is 2.57 bits per heavy atom. The molecule has 6 heteroatoms. The van der Waals surface area contributed by atoms with Crippen molar-refractivity contribution in [2.45, 2.75) is 13.0 Å². The lowest BCUT2D eigenvalue weighted by atomic mass is 10.3. The van der Waals surface area contributed by atoms with Crippen molar-refractivity contribution in [1.82, 2.24) is 15.5 Å². The van der Waals surface area contributed by atoms with Gasteiger partial charge in [0.2, 0.25) is 0 Å². The number of nitrogens with zero attached hydrogens (tertiary/aromatic N) is 2. The molecule has 1 unspecified atom stereocenters. The lowest BCUT2D eigenvalue weighted by molar-refractivity contribution is 0.0368. The monoisotopic (exact) mass is 198 g/mol. The number of nitrogens with one attached hydrogen (secondary N) is 2. The molecule has 78 valence electrons. The molecule has 1 aliphatic heterocycles. The van der Waals surface area contributed by atoms with Crippen LogP contribution in [0.25, 0.3) is 0 Å². The molecule has 0 spiro atoms. The summed E-state index contributed by atoms with van der Waals surface area (Å²) in [5, 5.41) is 9.95. The van der Waals surface area contributed by atoms with Gasteiger partial charge in [-0.15, -0.1) is 0 Å². The van der Waals surface area contributed by atoms with E-state index in [1.165, 1.54) is 0 Å². The van der Waals surface area contributed by atoms with E-state index in [4.69, 9.17) is 9.26 Å². The van der Waals surface area contributed by atoms with E-state index in [-0.39, 0.29) is 6.10 Å². The molecule has 0 aliphatic carbocycles. The molecule has 6 nitrogen and oxygen atoms in total. The number of aromatic nitrogens is 2. The molecule has 2 rings (SSSR count). The highest BCUT2D eigenvalue weighted by molar-refractivity contribution is 5.18. The van der Waals surface area contributed by atoms with Gasteiger partial charge in [-0.2, -0.15) is 4.98 Å². The van der Waals surface area contributed by atoms with Crippen LogP contribution in [0.4, 0.5) is 6.01 Å². The number of anilines is 1. The zero-order valence-corrected chi connectivity index (χ0v) is 8.12. The van der Waals surface area contributed by atoms with Crippen molar-refractivity contribution >= 4 is 6.01 Å². The van der Waals surface area contributed by atoms with Crippen molar-refractivity contribution in [2.75, 3.05) is 31.6 Å². The Bertz CT molecular complexity index is 283. The SMILES string of the molecule is Cc1noc(NCC2CNCCO2)n1. The van der Waals surface area contributed by atoms with Crippen LogP contribution in [0.2, 0.25) is 0 Å². The average Bonchev–Trinajstić information content (AvgIpc) is 2.63. The number of rotatable bonds is 3. The van der Waals surface area contributed by atoms with Gasteiger partial charge in [-0.1, -0.05) is 5.16 Å². The van der Waals surface area contributed by atoms with Crippen LogP contribution < -0.4 is 10.6 Å². The maximum Gasteiger partial charge on any atom is 0.321 e. The van der Waals surface area contributed by atoms with Crippen LogP contribution in [0.15, 0.2) is 4.52 Å². The fraction of sp³-hybridized carbons (Fsp3) is 0.750. The molecule has 2 heterocycles. The summed E-state index contributed by atoms with van der Waals surface area (Å²) in [7, 11) is 0. The highest BCUT2D eigenvalue weighted by Gasteiger charge is 2.13. The predicted octanol–water partition coefficient (Wildman–Crippen LogP) is -0.222. The Balaban J connectivity index is 1.76. The summed E-state index contributed by atoms with van der Waals surface area (Å²) in [5.74, 6) is 0.634. The maximum absolute atomic E-state index is 5.49. The molecule has 0 aromatic carbocycles. The summed E-state index contributed by atoms with van der Waals surface area (Å²) >= 11 is 0. The standard InChI is InChI=1S/C8H14N4O2/c1-6-11-8(14-12-6)10-5-7-4-9-2-3-13-7/h7,9H,2-5H2,1H3,(H,10,11,12). The van der Waals surface area contributed by atoms with Crippen molar-refractivity contribution < 1.29 is 9.26 Å². The lowest BCUT2D eigenvalue weighted by Crippen LogP contribution is -2.42. The third-order valence-corrected chi connectivity index (χ3v) is 2.01. The number of aryl methyl sites for hydroxylation is 1. The summed E-state index contributed by atoms with van der Waals surface area (Å²) in [6, 6.07) is 0.455. The molecule has 0 amide bonds. The fourth-order valence-electron chi connectivity index (χ4n) is 1.32. The molecule has 0 bridgehead atoms. The van der Waals surface area contributed by atoms with E-state index < -0.39 is 0 Å². The molecule has 1 fully saturated rings. The van der Waals surface area contributed by atoms with Gasteiger partial charge >= 0.3 is 6.01 Å². The normalized spacial score (nSPS) is 22.2. The molecule has 1 aromatic rings. The van der Waals surface area contributed by atoms with Crippen molar-refractivity contribution in [3.8, 4) is 0 Å². The number of hydrogen-bond donors (Lipinski definition) is 2. The lowest BCUT2D eigenvalue weighted by Gasteiger charge is -2.23. The van der Waals surface area contributed by atoms with E-state index >= 15 is 0 Å². The van der Waals surface area contributed by atoms with Gasteiger partial charge in [0.15, 0.2) is 5.82 Å². The highest BCUT2D eigenvalue weighted by Crippen LogP contribution is 2.03. The second-order valence-corrected chi connectivity index (χ2v) is 3.22. The number of ether oxygens (including phenoxy) is 1. The number of morpholine rings is 1. The first-order valence-corrected chi connectivity index (χ1v) is 4.71. The van der Waals surface area contributed by atoms with Crippen molar-refractivity contribution in [3.05, 3.63) is 5.82 Å². The van der Waals surface area contributed by atoms with Crippen molar-refractivity contribution in [1.29, 1.82) is 0 Å². The summed E-state index contributed by atoms with van der Waals surface area (Å²) in [6.07, 6.45) is 0.177. The van der Waals surface area contributed by atoms with Crippen LogP contribution in [0, 0.1) is 6.92 Å². The van der Waals surface area contributed by atoms with Gasteiger partial charge in [0.05, 0.1) is 12.7 Å². The topological polar surface area (TPSA) is 72.2 Å². The van der Waals surface area contributed by atoms with Gasteiger partial charge in [0, 0.05) is 19.6 Å². The van der Waals surface area contributed by atoms with E-state index in [9.17, 15) is 0 Å². The molecule has 14 heavy (non-hydrogen) atoms. The molecule has 1 atom stereocenters. The summed E-state index contributed by atoms with van der Waals surface area (Å²) < 4.78 is 10.4. The van der Waals surface area contributed by atoms with Crippen LogP contribution in [0.3, 0.4) is 0 Å². The number of hydrogen-bond acceptors (Lipinski definition) is 6. The Morgan fingerprint density at radius 1 is 1.64 bits per heavy atom. The van der Waals surface area contributed by atoms with E-state index in [1.807, 2.05) is 0 Å². The van der Waals surface area contributed by atoms with Crippen molar-refractivity contribution in [3.63, 3.8) is 0 Å². The van der Waals surface area contributed by atoms with Gasteiger partial charge in [0.1, 0.15) is 0 Å². The van der Waals surface area contributed by atoms with E-state index in [1.54, 1.807) is 6.92 Å². The van der Waals surface area contributed by atoms with Gasteiger partial charge in [-0.05, 0) is 6.92 Å². The van der Waals surface area contributed by atoms with Crippen LogP contribution in [0.1, 0.15) is 5.82 Å². The Kier molecular flexibility index (Phi) is 2.95. The average molecular weight is 198 g/mol. The minimum absolute atomic E-state index is 0.177. The predicted molar refractivity (Wildman–Crippen MR) is 50.1 cm³/mol. The van der Waals surface area contributed by atoms with Gasteiger partial charge in [0.25, 0.3) is 0 Å². The maximum atomic E-state index is 5.49. The van der Waals surface area contributed by atoms with Crippen LogP contribution >= 0.6 is 0 Å². The summed E-state index contributed by atoms with van der Waals surface area (Å²) in [4.78, 5) is 4.03. The molecular formula is C8H14N4O2. The molecule has 1 saturated heterocycles. The van der Waals surface area contributed by atoms with Crippen LogP contribution in [-0.4, -0.2) is 42.5 Å². The summed E-state index contributed by atoms with van der Waals surface area (Å²) in [5.41, 5.74) is 0. The largest absolute Gasteiger partial charge is 0.374 e. The van der Waals surface area contributed by atoms with Gasteiger partial charge < -0.3 is 19.9 Å². The van der Waals surface area contributed by atoms with Crippen LogP contribution in [0.5, 0.6) is 0 Å². The third-order valence-electron chi connectivity index (χ3n) is 2.01. The zero-order chi connectivity index (χ0) is 9.80. The first kappa shape index (κ1) is 9.42. The Labute approximate surface area is 82.0 Å². The van der Waals surface area contributed by atoms with Crippen LogP contribution in [-0.2, 0) is 4.74 Å². The molecule has 2 N–H and O–H groups in total. The molecule has 0 saturated carbocycles. The van der Waals surface area contributed by atoms with Gasteiger partial charge in [-0.3, -0.25) is 0 Å². The quantitative estimate of drug-likeness (QED) is 0.699. The smallest absolute Gasteiger partial charge is 0.321 e. The molecule has 0 radical (unpaired) electrons. The Hall–Kier alpha value is -1.14. The van der Waals surface area contributed by atoms with Gasteiger partial charge in [-0.25, -0.2) is 0 Å². The highest BCUT2D eigenvalue weighted by atomic mass is 16.5.